The van der Waals surface area contributed by atoms with Gasteiger partial charge in [0.2, 0.25) is 0 Å². The van der Waals surface area contributed by atoms with Crippen LogP contribution in [-0.4, -0.2) is 26.9 Å². The van der Waals surface area contributed by atoms with E-state index in [1.807, 2.05) is 47.5 Å². The molecule has 1 aliphatic rings. The zero-order valence-corrected chi connectivity index (χ0v) is 12.7. The summed E-state index contributed by atoms with van der Waals surface area (Å²) in [6, 6.07) is 12.1. The molecule has 0 unspecified atom stereocenters. The van der Waals surface area contributed by atoms with Crippen LogP contribution in [0.25, 0.3) is 10.9 Å². The highest BCUT2D eigenvalue weighted by atomic mass is 16.2. The van der Waals surface area contributed by atoms with Gasteiger partial charge < -0.3 is 15.2 Å². The smallest absolute Gasteiger partial charge is 0.322 e. The molecule has 2 heterocycles. The molecule has 2 aromatic heterocycles. The molecule has 1 aliphatic carbocycles. The van der Waals surface area contributed by atoms with Crippen LogP contribution in [-0.2, 0) is 6.54 Å². The number of urea groups is 1. The summed E-state index contributed by atoms with van der Waals surface area (Å²) in [7, 11) is 0. The molecule has 0 bridgehead atoms. The van der Waals surface area contributed by atoms with Gasteiger partial charge in [0.1, 0.15) is 0 Å². The van der Waals surface area contributed by atoms with Crippen LogP contribution in [0.2, 0.25) is 0 Å². The fourth-order valence-corrected chi connectivity index (χ4v) is 2.82. The summed E-state index contributed by atoms with van der Waals surface area (Å²) in [5, 5.41) is 4.09. The molecule has 1 fully saturated rings. The molecule has 116 valence electrons. The molecule has 1 saturated carbocycles. The molecule has 4 rings (SSSR count). The number of carbonyl (C=O) groups is 1. The predicted molar refractivity (Wildman–Crippen MR) is 90.1 cm³/mol. The molecule has 3 aromatic rings. The number of hydrogen-bond donors (Lipinski definition) is 2. The molecule has 0 radical (unpaired) electrons. The number of hydrogen-bond acceptors (Lipinski definition) is 2. The highest BCUT2D eigenvalue weighted by Crippen LogP contribution is 2.30. The Morgan fingerprint density at radius 3 is 2.83 bits per heavy atom. The van der Waals surface area contributed by atoms with Crippen LogP contribution in [0, 0.1) is 0 Å². The van der Waals surface area contributed by atoms with Gasteiger partial charge in [-0.1, -0.05) is 6.07 Å². The van der Waals surface area contributed by atoms with Gasteiger partial charge >= 0.3 is 6.03 Å². The SMILES string of the molecule is O=C(Nc1cccc2[nH]ccc12)N(Cc1ccncc1)C1CC1. The first-order valence-corrected chi connectivity index (χ1v) is 7.84. The first-order chi connectivity index (χ1) is 11.3. The fourth-order valence-electron chi connectivity index (χ4n) is 2.82. The van der Waals surface area contributed by atoms with Crippen molar-refractivity contribution in [3.8, 4) is 0 Å². The summed E-state index contributed by atoms with van der Waals surface area (Å²) >= 11 is 0. The molecule has 2 amide bonds. The Labute approximate surface area is 134 Å². The summed E-state index contributed by atoms with van der Waals surface area (Å²) in [6.45, 7) is 0.613. The maximum atomic E-state index is 12.8. The minimum absolute atomic E-state index is 0.0435. The van der Waals surface area contributed by atoms with Crippen molar-refractivity contribution in [2.45, 2.75) is 25.4 Å². The van der Waals surface area contributed by atoms with E-state index in [0.29, 0.717) is 12.6 Å². The number of aromatic amines is 1. The van der Waals surface area contributed by atoms with Crippen LogP contribution >= 0.6 is 0 Å². The Bertz CT molecular complexity index is 823. The quantitative estimate of drug-likeness (QED) is 0.771. The number of pyridine rings is 1. The number of nitrogens with one attached hydrogen (secondary N) is 2. The average molecular weight is 306 g/mol. The van der Waals surface area contributed by atoms with Crippen LogP contribution in [0.3, 0.4) is 0 Å². The number of H-pyrrole nitrogens is 1. The summed E-state index contributed by atoms with van der Waals surface area (Å²) in [6.07, 6.45) is 7.56. The minimum Gasteiger partial charge on any atom is -0.361 e. The van der Waals surface area contributed by atoms with E-state index in [-0.39, 0.29) is 6.03 Å². The van der Waals surface area contributed by atoms with Gasteiger partial charge in [0.05, 0.1) is 5.69 Å². The van der Waals surface area contributed by atoms with E-state index < -0.39 is 0 Å². The van der Waals surface area contributed by atoms with Gasteiger partial charge in [-0.25, -0.2) is 4.79 Å². The van der Waals surface area contributed by atoms with Crippen molar-refractivity contribution < 1.29 is 4.79 Å². The second-order valence-electron chi connectivity index (χ2n) is 5.89. The average Bonchev–Trinajstić information content (AvgIpc) is 3.30. The van der Waals surface area contributed by atoms with Crippen molar-refractivity contribution >= 4 is 22.6 Å². The second-order valence-corrected chi connectivity index (χ2v) is 5.89. The molecule has 5 heteroatoms. The van der Waals surface area contributed by atoms with E-state index in [1.165, 1.54) is 0 Å². The maximum absolute atomic E-state index is 12.8. The van der Waals surface area contributed by atoms with E-state index in [4.69, 9.17) is 0 Å². The Balaban J connectivity index is 1.55. The zero-order valence-electron chi connectivity index (χ0n) is 12.7. The Morgan fingerprint density at radius 2 is 2.04 bits per heavy atom. The van der Waals surface area contributed by atoms with Gasteiger partial charge in [0.25, 0.3) is 0 Å². The molecule has 5 nitrogen and oxygen atoms in total. The lowest BCUT2D eigenvalue weighted by Crippen LogP contribution is -2.36. The first kappa shape index (κ1) is 13.8. The zero-order chi connectivity index (χ0) is 15.6. The molecule has 0 atom stereocenters. The van der Waals surface area contributed by atoms with Crippen LogP contribution in [0.4, 0.5) is 10.5 Å². The van der Waals surface area contributed by atoms with E-state index >= 15 is 0 Å². The number of benzene rings is 1. The summed E-state index contributed by atoms with van der Waals surface area (Å²) < 4.78 is 0. The third kappa shape index (κ3) is 2.90. The van der Waals surface area contributed by atoms with Gasteiger partial charge in [-0.05, 0) is 48.7 Å². The molecule has 23 heavy (non-hydrogen) atoms. The minimum atomic E-state index is -0.0435. The third-order valence-electron chi connectivity index (χ3n) is 4.19. The van der Waals surface area contributed by atoms with Crippen molar-refractivity contribution in [2.24, 2.45) is 0 Å². The van der Waals surface area contributed by atoms with Crippen LogP contribution in [0.15, 0.2) is 55.0 Å². The summed E-state index contributed by atoms with van der Waals surface area (Å²) in [5.74, 6) is 0. The molecule has 0 saturated heterocycles. The molecule has 0 aliphatic heterocycles. The van der Waals surface area contributed by atoms with Gasteiger partial charge in [-0.3, -0.25) is 4.98 Å². The normalized spacial score (nSPS) is 13.9. The number of fused-ring (bicyclic) bond motifs is 1. The Hall–Kier alpha value is -2.82. The number of anilines is 1. The van der Waals surface area contributed by atoms with Crippen molar-refractivity contribution in [3.63, 3.8) is 0 Å². The van der Waals surface area contributed by atoms with Crippen molar-refractivity contribution in [3.05, 3.63) is 60.6 Å². The van der Waals surface area contributed by atoms with Crippen LogP contribution < -0.4 is 5.32 Å². The molecular weight excluding hydrogens is 288 g/mol. The van der Waals surface area contributed by atoms with Gasteiger partial charge in [0, 0.05) is 42.1 Å². The number of aromatic nitrogens is 2. The number of carbonyl (C=O) groups excluding carboxylic acids is 1. The Morgan fingerprint density at radius 1 is 1.22 bits per heavy atom. The molecule has 1 aromatic carbocycles. The van der Waals surface area contributed by atoms with Gasteiger partial charge in [-0.15, -0.1) is 0 Å². The monoisotopic (exact) mass is 306 g/mol. The summed E-state index contributed by atoms with van der Waals surface area (Å²) in [5.41, 5.74) is 2.96. The highest BCUT2D eigenvalue weighted by molar-refractivity contribution is 6.00. The van der Waals surface area contributed by atoms with Gasteiger partial charge in [0.15, 0.2) is 0 Å². The highest BCUT2D eigenvalue weighted by Gasteiger charge is 2.32. The van der Waals surface area contributed by atoms with Gasteiger partial charge in [-0.2, -0.15) is 0 Å². The van der Waals surface area contributed by atoms with E-state index in [2.05, 4.69) is 15.3 Å². The predicted octanol–water partition coefficient (Wildman–Crippen LogP) is 3.76. The van der Waals surface area contributed by atoms with Crippen LogP contribution in [0.1, 0.15) is 18.4 Å². The number of nitrogens with zero attached hydrogens (tertiary/aromatic N) is 2. The second kappa shape index (κ2) is 5.76. The fraction of sp³-hybridized carbons (Fsp3) is 0.222. The number of rotatable bonds is 4. The van der Waals surface area contributed by atoms with Crippen molar-refractivity contribution in [1.82, 2.24) is 14.9 Å². The lowest BCUT2D eigenvalue weighted by Gasteiger charge is -2.23. The van der Waals surface area contributed by atoms with E-state index in [1.54, 1.807) is 12.4 Å². The largest absolute Gasteiger partial charge is 0.361 e. The van der Waals surface area contributed by atoms with Crippen LogP contribution in [0.5, 0.6) is 0 Å². The lowest BCUT2D eigenvalue weighted by atomic mass is 10.2. The number of amides is 2. The van der Waals surface area contributed by atoms with E-state index in [0.717, 1.165) is 35.0 Å². The summed E-state index contributed by atoms with van der Waals surface area (Å²) in [4.78, 5) is 21.9. The first-order valence-electron chi connectivity index (χ1n) is 7.84. The van der Waals surface area contributed by atoms with Crippen molar-refractivity contribution in [1.29, 1.82) is 0 Å². The Kier molecular flexibility index (Phi) is 3.46. The van der Waals surface area contributed by atoms with E-state index in [9.17, 15) is 4.79 Å². The topological polar surface area (TPSA) is 61.0 Å². The third-order valence-corrected chi connectivity index (χ3v) is 4.19. The molecule has 0 spiro atoms. The molecule has 2 N–H and O–H groups in total. The molecular formula is C18H18N4O. The lowest BCUT2D eigenvalue weighted by molar-refractivity contribution is 0.206. The van der Waals surface area contributed by atoms with Crippen molar-refractivity contribution in [2.75, 3.05) is 5.32 Å². The maximum Gasteiger partial charge on any atom is 0.322 e. The standard InChI is InChI=1S/C18H18N4O/c23-18(21-17-3-1-2-16-15(17)8-11-20-16)22(14-4-5-14)12-13-6-9-19-10-7-13/h1-3,6-11,14,20H,4-5,12H2,(H,21,23).